The molecule has 2 N–H and O–H groups in total. The molecule has 3 aliphatic heterocycles. The fourth-order valence-corrected chi connectivity index (χ4v) is 9.41. The van der Waals surface area contributed by atoms with Crippen LogP contribution in [-0.4, -0.2) is 93.6 Å². The number of nitrogens with zero attached hydrogens (tertiary/aromatic N) is 5. The van der Waals surface area contributed by atoms with E-state index < -0.39 is 59.5 Å². The first-order valence-electron chi connectivity index (χ1n) is 20.3. The SMILES string of the molecule is COCCOC(=O)N1C(=O)[C@@]2(c3cc(C#CCn4nnc5ccccc54)ccc31)[C@H](C(=O)O)[C@H]1C(=O)O[C@H](c3ccccc3)[C@H](c3ccccc3)N1[C@@H]2c1cccc(OCCO)c1. The van der Waals surface area contributed by atoms with E-state index in [9.17, 15) is 24.6 Å². The Kier molecular flexibility index (Phi) is 11.2. The van der Waals surface area contributed by atoms with Crippen LogP contribution in [0.3, 0.4) is 0 Å². The molecule has 9 rings (SSSR count). The molecule has 5 aromatic carbocycles. The van der Waals surface area contributed by atoms with E-state index in [1.165, 1.54) is 7.11 Å². The summed E-state index contributed by atoms with van der Waals surface area (Å²) < 4.78 is 24.6. The number of carboxylic acid groups (broad SMARTS) is 1. The van der Waals surface area contributed by atoms with Crippen LogP contribution in [0.1, 0.15) is 46.0 Å². The molecule has 3 aliphatic rings. The van der Waals surface area contributed by atoms with E-state index in [1.807, 2.05) is 84.9 Å². The molecule has 63 heavy (non-hydrogen) atoms. The Bertz CT molecular complexity index is 2770. The highest BCUT2D eigenvalue weighted by Gasteiger charge is 2.76. The van der Waals surface area contributed by atoms with Gasteiger partial charge in [-0.2, -0.15) is 0 Å². The number of methoxy groups -OCH3 is 1. The van der Waals surface area contributed by atoms with E-state index in [0.29, 0.717) is 33.5 Å². The Balaban J connectivity index is 1.30. The third-order valence-corrected chi connectivity index (χ3v) is 11.8. The van der Waals surface area contributed by atoms with Gasteiger partial charge >= 0.3 is 18.0 Å². The number of carboxylic acids is 1. The number of anilines is 1. The second-order valence-corrected chi connectivity index (χ2v) is 15.3. The molecule has 6 atom stereocenters. The topological polar surface area (TPSA) is 183 Å². The molecule has 0 unspecified atom stereocenters. The number of morpholine rings is 1. The molecule has 4 heterocycles. The van der Waals surface area contributed by atoms with E-state index in [2.05, 4.69) is 22.2 Å². The zero-order valence-electron chi connectivity index (χ0n) is 33.9. The van der Waals surface area contributed by atoms with Crippen molar-refractivity contribution in [2.45, 2.75) is 36.2 Å². The molecule has 0 radical (unpaired) electrons. The number of fused-ring (bicyclic) bond motifs is 4. The highest BCUT2D eigenvalue weighted by molar-refractivity contribution is 6.23. The molecule has 1 spiro atoms. The number of benzene rings is 5. The summed E-state index contributed by atoms with van der Waals surface area (Å²) in [7, 11) is 1.44. The van der Waals surface area contributed by atoms with Gasteiger partial charge < -0.3 is 29.2 Å². The van der Waals surface area contributed by atoms with Crippen LogP contribution in [0.25, 0.3) is 11.0 Å². The van der Waals surface area contributed by atoms with Gasteiger partial charge in [-0.1, -0.05) is 102 Å². The fourth-order valence-electron chi connectivity index (χ4n) is 9.41. The summed E-state index contributed by atoms with van der Waals surface area (Å²) in [6, 6.07) is 33.7. The molecule has 0 bridgehead atoms. The van der Waals surface area contributed by atoms with Gasteiger partial charge in [0.2, 0.25) is 5.91 Å². The quantitative estimate of drug-likeness (QED) is 0.0964. The van der Waals surface area contributed by atoms with Gasteiger partial charge in [0.05, 0.1) is 36.5 Å². The van der Waals surface area contributed by atoms with Gasteiger partial charge in [-0.3, -0.25) is 19.3 Å². The van der Waals surface area contributed by atoms with E-state index >= 15 is 4.79 Å². The Hall–Kier alpha value is -7.38. The van der Waals surface area contributed by atoms with Gasteiger partial charge in [-0.25, -0.2) is 14.4 Å². The number of rotatable bonds is 11. The van der Waals surface area contributed by atoms with E-state index in [-0.39, 0.29) is 44.2 Å². The zero-order valence-corrected chi connectivity index (χ0v) is 33.9. The number of hydrogen-bond acceptors (Lipinski definition) is 12. The second kappa shape index (κ2) is 17.2. The number of aromatic nitrogens is 3. The lowest BCUT2D eigenvalue weighted by atomic mass is 9.65. The number of carbonyl (C=O) groups excluding carboxylic acids is 3. The van der Waals surface area contributed by atoms with E-state index in [0.717, 1.165) is 10.4 Å². The van der Waals surface area contributed by atoms with Crippen molar-refractivity contribution >= 4 is 40.7 Å². The van der Waals surface area contributed by atoms with Gasteiger partial charge in [0.25, 0.3) is 0 Å². The molecule has 0 aliphatic carbocycles. The lowest BCUT2D eigenvalue weighted by Gasteiger charge is -2.46. The van der Waals surface area contributed by atoms with Crippen molar-refractivity contribution < 1.29 is 48.3 Å². The summed E-state index contributed by atoms with van der Waals surface area (Å²) in [6.45, 7) is -0.344. The van der Waals surface area contributed by atoms with Crippen molar-refractivity contribution in [1.29, 1.82) is 0 Å². The normalized spacial score (nSPS) is 22.6. The molecular weight excluding hydrogens is 807 g/mol. The molecule has 15 nitrogen and oxygen atoms in total. The number of esters is 1. The number of carbonyl (C=O) groups is 4. The first-order valence-corrected chi connectivity index (χ1v) is 20.3. The molecule has 2 fully saturated rings. The van der Waals surface area contributed by atoms with Crippen LogP contribution < -0.4 is 9.64 Å². The third-order valence-electron chi connectivity index (χ3n) is 11.8. The lowest BCUT2D eigenvalue weighted by molar-refractivity contribution is -0.179. The third kappa shape index (κ3) is 7.04. The predicted octanol–water partition coefficient (Wildman–Crippen LogP) is 5.39. The monoisotopic (exact) mass is 847 g/mol. The number of para-hydroxylation sites is 1. The Morgan fingerprint density at radius 3 is 2.30 bits per heavy atom. The summed E-state index contributed by atoms with van der Waals surface area (Å²) in [5.74, 6) is 1.54. The maximum absolute atomic E-state index is 15.9. The molecule has 2 saturated heterocycles. The molecule has 15 heteroatoms. The maximum atomic E-state index is 15.9. The smallest absolute Gasteiger partial charge is 0.421 e. The van der Waals surface area contributed by atoms with Gasteiger partial charge in [-0.15, -0.1) is 5.10 Å². The maximum Gasteiger partial charge on any atom is 0.421 e. The number of cyclic esters (lactones) is 1. The average molecular weight is 848 g/mol. The minimum Gasteiger partial charge on any atom is -0.491 e. The van der Waals surface area contributed by atoms with Gasteiger partial charge in [0.1, 0.15) is 54.5 Å². The standard InChI is InChI=1S/C48H41N5O10/c1-60-26-27-62-47(59)52-37-22-21-30(12-11-23-51-38-20-9-8-19-36(38)49-50-51)28-35(37)48(46(52)58)39(44(55)56)41-45(57)63-42(32-15-6-3-7-16-32)40(31-13-4-2-5-14-31)53(41)43(48)33-17-10-18-34(29-33)61-25-24-54/h2-10,13-22,28-29,39-43,54H,23-27H2,1H3,(H,55,56)/t39-,40-,41-,42+,43+,48-/m0/s1. The Morgan fingerprint density at radius 1 is 0.825 bits per heavy atom. The summed E-state index contributed by atoms with van der Waals surface area (Å²) in [5, 5.41) is 29.7. The number of aliphatic hydroxyl groups excluding tert-OH is 1. The summed E-state index contributed by atoms with van der Waals surface area (Å²) in [4.78, 5) is 61.8. The average Bonchev–Trinajstić information content (AvgIpc) is 3.95. The van der Waals surface area contributed by atoms with Crippen LogP contribution in [0.15, 0.2) is 127 Å². The molecule has 6 aromatic rings. The molecular formula is C48H41N5O10. The van der Waals surface area contributed by atoms with Crippen molar-refractivity contribution in [3.63, 3.8) is 0 Å². The van der Waals surface area contributed by atoms with Crippen LogP contribution in [0.4, 0.5) is 10.5 Å². The molecule has 1 aromatic heterocycles. The van der Waals surface area contributed by atoms with Crippen molar-refractivity contribution in [2.75, 3.05) is 38.4 Å². The molecule has 318 valence electrons. The first-order chi connectivity index (χ1) is 30.8. The summed E-state index contributed by atoms with van der Waals surface area (Å²) in [6.07, 6.45) is -2.02. The van der Waals surface area contributed by atoms with E-state index in [1.54, 1.807) is 52.0 Å². The van der Waals surface area contributed by atoms with Crippen LogP contribution in [-0.2, 0) is 40.6 Å². The van der Waals surface area contributed by atoms with Crippen molar-refractivity contribution in [2.24, 2.45) is 5.92 Å². The Labute approximate surface area is 361 Å². The number of aliphatic hydroxyl groups is 1. The number of amides is 2. The minimum absolute atomic E-state index is 0.0314. The fraction of sp³-hybridized carbons (Fsp3) is 0.250. The van der Waals surface area contributed by atoms with Crippen molar-refractivity contribution in [3.8, 4) is 17.6 Å². The van der Waals surface area contributed by atoms with Crippen molar-refractivity contribution in [3.05, 3.63) is 155 Å². The van der Waals surface area contributed by atoms with Crippen LogP contribution in [0.5, 0.6) is 5.75 Å². The number of ether oxygens (including phenoxy) is 4. The Morgan fingerprint density at radius 2 is 1.56 bits per heavy atom. The van der Waals surface area contributed by atoms with Gasteiger partial charge in [0, 0.05) is 12.7 Å². The largest absolute Gasteiger partial charge is 0.491 e. The van der Waals surface area contributed by atoms with Crippen LogP contribution >= 0.6 is 0 Å². The highest BCUT2D eigenvalue weighted by Crippen LogP contribution is 2.66. The predicted molar refractivity (Wildman–Crippen MR) is 226 cm³/mol. The molecule has 0 saturated carbocycles. The minimum atomic E-state index is -2.20. The number of imide groups is 1. The summed E-state index contributed by atoms with van der Waals surface area (Å²) >= 11 is 0. The zero-order chi connectivity index (χ0) is 43.7. The lowest BCUT2D eigenvalue weighted by Crippen LogP contribution is -2.53. The number of hydrogen-bond donors (Lipinski definition) is 2. The van der Waals surface area contributed by atoms with Crippen molar-refractivity contribution in [1.82, 2.24) is 19.9 Å². The second-order valence-electron chi connectivity index (χ2n) is 15.3. The summed E-state index contributed by atoms with van der Waals surface area (Å²) in [5.41, 5.74) is 1.64. The molecule has 2 amide bonds. The van der Waals surface area contributed by atoms with Gasteiger partial charge in [-0.05, 0) is 64.7 Å². The first kappa shape index (κ1) is 41.0. The number of aliphatic carboxylic acids is 1. The van der Waals surface area contributed by atoms with Gasteiger partial charge in [0.15, 0.2) is 0 Å². The van der Waals surface area contributed by atoms with Crippen LogP contribution in [0, 0.1) is 17.8 Å². The highest BCUT2D eigenvalue weighted by atomic mass is 16.6. The van der Waals surface area contributed by atoms with E-state index in [4.69, 9.17) is 18.9 Å². The van der Waals surface area contributed by atoms with Crippen LogP contribution in [0.2, 0.25) is 0 Å².